The van der Waals surface area contributed by atoms with Crippen LogP contribution < -0.4 is 0 Å². The summed E-state index contributed by atoms with van der Waals surface area (Å²) in [5.74, 6) is 0.00523. The van der Waals surface area contributed by atoms with Gasteiger partial charge in [-0.3, -0.25) is 37.3 Å². The van der Waals surface area contributed by atoms with Crippen LogP contribution in [0.1, 0.15) is 273 Å². The number of ether oxygens (including phenoxy) is 4. The monoisotopic (exact) mass is 1140 g/mol. The average molecular weight is 1140 g/mol. The number of esters is 4. The topological polar surface area (TPSA) is 237 Å². The van der Waals surface area contributed by atoms with Crippen molar-refractivity contribution < 1.29 is 80.2 Å². The van der Waals surface area contributed by atoms with E-state index in [4.69, 9.17) is 37.0 Å². The molecule has 0 radical (unpaired) electrons. The number of aliphatic hydroxyl groups is 1. The average Bonchev–Trinajstić information content (AvgIpc) is 3.38. The van der Waals surface area contributed by atoms with E-state index in [1.807, 2.05) is 0 Å². The van der Waals surface area contributed by atoms with Gasteiger partial charge in [0, 0.05) is 25.7 Å². The van der Waals surface area contributed by atoms with Gasteiger partial charge in [0.1, 0.15) is 19.3 Å². The Morgan fingerprint density at radius 1 is 0.377 bits per heavy atom. The summed E-state index contributed by atoms with van der Waals surface area (Å²) in [6, 6.07) is 0. The Bertz CT molecular complexity index is 1550. The maximum atomic E-state index is 12.9. The quantitative estimate of drug-likeness (QED) is 0.0222. The number of carbonyl (C=O) groups excluding carboxylic acids is 4. The van der Waals surface area contributed by atoms with E-state index in [9.17, 15) is 43.2 Å². The van der Waals surface area contributed by atoms with Crippen molar-refractivity contribution in [2.75, 3.05) is 39.6 Å². The van der Waals surface area contributed by atoms with E-state index in [-0.39, 0.29) is 25.7 Å². The molecule has 0 aliphatic heterocycles. The van der Waals surface area contributed by atoms with Crippen molar-refractivity contribution in [3.63, 3.8) is 0 Å². The summed E-state index contributed by atoms with van der Waals surface area (Å²) in [4.78, 5) is 71.6. The fourth-order valence-electron chi connectivity index (χ4n) is 8.39. The molecule has 3 unspecified atom stereocenters. The second kappa shape index (κ2) is 49.8. The summed E-state index contributed by atoms with van der Waals surface area (Å²) in [5, 5.41) is 10.5. The van der Waals surface area contributed by atoms with Crippen molar-refractivity contribution in [2.24, 2.45) is 17.8 Å². The fraction of sp³-hybridized carbons (Fsp3) is 0.931. The summed E-state index contributed by atoms with van der Waals surface area (Å²) in [5.41, 5.74) is 0. The van der Waals surface area contributed by atoms with Gasteiger partial charge in [0.05, 0.1) is 26.4 Å². The first-order valence-corrected chi connectivity index (χ1v) is 33.4. The standard InChI is InChI=1S/C58H112O17P2/c1-8-10-11-22-32-39-55(60)68-45-53(75-58(63)42-35-28-21-20-24-30-37-50(5)6)47-72-76(64,65)70-43-52(59)44-71-77(66,67)73-48-54(46-69-56(61)40-33-26-18-14-12-16-23-29-36-49(3)4)74-57(62)41-34-27-19-15-13-17-25-31-38-51(7)9-2/h49-54,59H,8-48H2,1-7H3,(H,64,65)(H,66,67)/t51?,52-,53+,54+/m0/s1. The van der Waals surface area contributed by atoms with Gasteiger partial charge in [-0.1, -0.05) is 222 Å². The number of aliphatic hydroxyl groups excluding tert-OH is 1. The second-order valence-electron chi connectivity index (χ2n) is 22.2. The maximum Gasteiger partial charge on any atom is 0.472 e. The first kappa shape index (κ1) is 75.1. The number of carbonyl (C=O) groups is 4. The molecule has 0 aromatic rings. The lowest BCUT2D eigenvalue weighted by molar-refractivity contribution is -0.161. The summed E-state index contributed by atoms with van der Waals surface area (Å²) in [6.07, 6.45) is 28.5. The molecule has 0 aromatic heterocycles. The van der Waals surface area contributed by atoms with Crippen LogP contribution in [0.25, 0.3) is 0 Å². The highest BCUT2D eigenvalue weighted by Crippen LogP contribution is 2.45. The molecule has 0 spiro atoms. The number of hydrogen-bond donors (Lipinski definition) is 3. The predicted molar refractivity (Wildman–Crippen MR) is 303 cm³/mol. The minimum atomic E-state index is -4.94. The van der Waals surface area contributed by atoms with Crippen LogP contribution in [0, 0.1) is 17.8 Å². The van der Waals surface area contributed by atoms with Crippen LogP contribution in [0.5, 0.6) is 0 Å². The zero-order valence-corrected chi connectivity index (χ0v) is 51.2. The molecule has 6 atom stereocenters. The largest absolute Gasteiger partial charge is 0.472 e. The molecular weight excluding hydrogens is 1030 g/mol. The van der Waals surface area contributed by atoms with Crippen molar-refractivity contribution >= 4 is 39.5 Å². The minimum Gasteiger partial charge on any atom is -0.462 e. The molecule has 3 N–H and O–H groups in total. The van der Waals surface area contributed by atoms with Gasteiger partial charge in [0.2, 0.25) is 0 Å². The van der Waals surface area contributed by atoms with E-state index in [0.29, 0.717) is 31.6 Å². The van der Waals surface area contributed by atoms with Crippen molar-refractivity contribution in [1.82, 2.24) is 0 Å². The lowest BCUT2D eigenvalue weighted by Crippen LogP contribution is -2.30. The van der Waals surface area contributed by atoms with E-state index < -0.39 is 97.5 Å². The Morgan fingerprint density at radius 3 is 0.987 bits per heavy atom. The SMILES string of the molecule is CCCCCCCC(=O)OC[C@H](COP(=O)(O)OC[C@H](O)COP(=O)(O)OC[C@@H](COC(=O)CCCCCCCCCCC(C)C)OC(=O)CCCCCCCCCCC(C)CC)OC(=O)CCCCCCCCC(C)C. The first-order valence-electron chi connectivity index (χ1n) is 30.4. The van der Waals surface area contributed by atoms with Crippen LogP contribution in [-0.2, 0) is 65.4 Å². The summed E-state index contributed by atoms with van der Waals surface area (Å²) >= 11 is 0. The molecule has 0 aromatic carbocycles. The van der Waals surface area contributed by atoms with Crippen molar-refractivity contribution in [3.05, 3.63) is 0 Å². The van der Waals surface area contributed by atoms with E-state index >= 15 is 0 Å². The van der Waals surface area contributed by atoms with Crippen LogP contribution >= 0.6 is 15.6 Å². The molecular formula is C58H112O17P2. The zero-order chi connectivity index (χ0) is 57.4. The summed E-state index contributed by atoms with van der Waals surface area (Å²) in [6.45, 7) is 11.5. The Hall–Kier alpha value is -1.94. The van der Waals surface area contributed by atoms with Crippen molar-refractivity contribution in [3.8, 4) is 0 Å². The summed E-state index contributed by atoms with van der Waals surface area (Å²) in [7, 11) is -9.87. The molecule has 0 rings (SSSR count). The van der Waals surface area contributed by atoms with Crippen LogP contribution in [0.3, 0.4) is 0 Å². The lowest BCUT2D eigenvalue weighted by atomic mass is 9.99. The van der Waals surface area contributed by atoms with Gasteiger partial charge in [-0.25, -0.2) is 9.13 Å². The molecule has 0 aliphatic rings. The Morgan fingerprint density at radius 2 is 0.662 bits per heavy atom. The van der Waals surface area contributed by atoms with E-state index in [2.05, 4.69) is 48.5 Å². The Kier molecular flexibility index (Phi) is 48.6. The molecule has 0 amide bonds. The Balaban J connectivity index is 5.20. The number of phosphoric acid groups is 2. The van der Waals surface area contributed by atoms with Gasteiger partial charge < -0.3 is 33.8 Å². The highest BCUT2D eigenvalue weighted by atomic mass is 31.2. The second-order valence-corrected chi connectivity index (χ2v) is 25.1. The number of unbranched alkanes of at least 4 members (excludes halogenated alkanes) is 23. The van der Waals surface area contributed by atoms with Crippen LogP contribution in [0.4, 0.5) is 0 Å². The smallest absolute Gasteiger partial charge is 0.462 e. The molecule has 0 saturated heterocycles. The highest BCUT2D eigenvalue weighted by molar-refractivity contribution is 7.47. The molecule has 0 saturated carbocycles. The van der Waals surface area contributed by atoms with E-state index in [0.717, 1.165) is 108 Å². The maximum absolute atomic E-state index is 12.9. The predicted octanol–water partition coefficient (Wildman–Crippen LogP) is 15.2. The number of hydrogen-bond acceptors (Lipinski definition) is 15. The van der Waals surface area contributed by atoms with Gasteiger partial charge >= 0.3 is 39.5 Å². The molecule has 456 valence electrons. The first-order chi connectivity index (χ1) is 36.8. The van der Waals surface area contributed by atoms with Crippen LogP contribution in [0.15, 0.2) is 0 Å². The molecule has 0 bridgehead atoms. The van der Waals surface area contributed by atoms with Crippen molar-refractivity contribution in [2.45, 2.75) is 292 Å². The number of phosphoric ester groups is 2. The molecule has 0 heterocycles. The lowest BCUT2D eigenvalue weighted by Gasteiger charge is -2.21. The van der Waals surface area contributed by atoms with E-state index in [1.165, 1.54) is 77.0 Å². The third-order valence-electron chi connectivity index (χ3n) is 13.5. The number of rotatable bonds is 56. The Labute approximate surface area is 467 Å². The van der Waals surface area contributed by atoms with Gasteiger partial charge in [-0.2, -0.15) is 0 Å². The third kappa shape index (κ3) is 51.9. The van der Waals surface area contributed by atoms with Crippen molar-refractivity contribution in [1.29, 1.82) is 0 Å². The van der Waals surface area contributed by atoms with Gasteiger partial charge in [-0.15, -0.1) is 0 Å². The minimum absolute atomic E-state index is 0.100. The molecule has 19 heteroatoms. The highest BCUT2D eigenvalue weighted by Gasteiger charge is 2.30. The molecule has 17 nitrogen and oxygen atoms in total. The van der Waals surface area contributed by atoms with Gasteiger partial charge in [-0.05, 0) is 43.4 Å². The summed E-state index contributed by atoms with van der Waals surface area (Å²) < 4.78 is 67.5. The normalized spacial score (nSPS) is 14.9. The third-order valence-corrected chi connectivity index (χ3v) is 15.4. The van der Waals surface area contributed by atoms with E-state index in [1.54, 1.807) is 0 Å². The van der Waals surface area contributed by atoms with Gasteiger partial charge in [0.15, 0.2) is 12.2 Å². The van der Waals surface area contributed by atoms with Crippen LogP contribution in [0.2, 0.25) is 0 Å². The molecule has 0 aliphatic carbocycles. The van der Waals surface area contributed by atoms with Crippen LogP contribution in [-0.4, -0.2) is 96.7 Å². The molecule has 0 fully saturated rings. The van der Waals surface area contributed by atoms with Gasteiger partial charge in [0.25, 0.3) is 0 Å². The molecule has 77 heavy (non-hydrogen) atoms. The fourth-order valence-corrected chi connectivity index (χ4v) is 9.97. The zero-order valence-electron chi connectivity index (χ0n) is 49.4.